The van der Waals surface area contributed by atoms with Gasteiger partial charge in [0, 0.05) is 0 Å². The fourth-order valence-electron chi connectivity index (χ4n) is 4.99. The van der Waals surface area contributed by atoms with Gasteiger partial charge in [-0.25, -0.2) is 0 Å². The minimum Gasteiger partial charge on any atom is -0.0654 e. The summed E-state index contributed by atoms with van der Waals surface area (Å²) in [5.74, 6) is 0. The first-order chi connectivity index (χ1) is 13.7. The minimum absolute atomic E-state index is 0.693. The van der Waals surface area contributed by atoms with E-state index in [1.54, 1.807) is 0 Å². The molecule has 0 N–H and O–H groups in total. The largest absolute Gasteiger partial charge is 0.0654 e. The van der Waals surface area contributed by atoms with E-state index in [4.69, 9.17) is 0 Å². The van der Waals surface area contributed by atoms with Crippen molar-refractivity contribution in [3.05, 3.63) is 0 Å². The van der Waals surface area contributed by atoms with E-state index in [0.29, 0.717) is 5.41 Å². The third kappa shape index (κ3) is 16.9. The van der Waals surface area contributed by atoms with E-state index in [1.165, 1.54) is 148 Å². The van der Waals surface area contributed by atoms with Crippen LogP contribution in [0.15, 0.2) is 0 Å². The van der Waals surface area contributed by atoms with E-state index in [2.05, 4.69) is 27.7 Å². The van der Waals surface area contributed by atoms with E-state index in [9.17, 15) is 0 Å². The lowest BCUT2D eigenvalue weighted by atomic mass is 9.70. The molecule has 0 rings (SSSR count). The van der Waals surface area contributed by atoms with Gasteiger partial charge >= 0.3 is 0 Å². The Morgan fingerprint density at radius 3 is 0.857 bits per heavy atom. The number of hydrogen-bond acceptors (Lipinski definition) is 0. The lowest BCUT2D eigenvalue weighted by Gasteiger charge is -2.35. The highest BCUT2D eigenvalue weighted by Crippen LogP contribution is 2.42. The summed E-state index contributed by atoms with van der Waals surface area (Å²) in [6, 6.07) is 0. The molecule has 0 aromatic heterocycles. The summed E-state index contributed by atoms with van der Waals surface area (Å²) in [5, 5.41) is 0. The second kappa shape index (κ2) is 21.7. The molecular weight excluding hydrogens is 336 g/mol. The first-order valence-corrected chi connectivity index (χ1v) is 13.7. The zero-order valence-electron chi connectivity index (χ0n) is 20.8. The molecule has 0 atom stereocenters. The summed E-state index contributed by atoms with van der Waals surface area (Å²) < 4.78 is 0. The molecule has 0 aromatic rings. The van der Waals surface area contributed by atoms with Crippen LogP contribution in [0.25, 0.3) is 0 Å². The summed E-state index contributed by atoms with van der Waals surface area (Å²) in [5.41, 5.74) is 0.693. The zero-order chi connectivity index (χ0) is 20.8. The number of rotatable bonds is 23. The van der Waals surface area contributed by atoms with E-state index >= 15 is 0 Å². The highest BCUT2D eigenvalue weighted by molar-refractivity contribution is 4.80. The van der Waals surface area contributed by atoms with Gasteiger partial charge in [0.05, 0.1) is 0 Å². The van der Waals surface area contributed by atoms with Crippen LogP contribution in [-0.4, -0.2) is 0 Å². The van der Waals surface area contributed by atoms with Crippen molar-refractivity contribution in [3.63, 3.8) is 0 Å². The van der Waals surface area contributed by atoms with E-state index < -0.39 is 0 Å². The van der Waals surface area contributed by atoms with Crippen molar-refractivity contribution in [1.29, 1.82) is 0 Å². The maximum Gasteiger partial charge on any atom is -0.0297 e. The van der Waals surface area contributed by atoms with E-state index in [-0.39, 0.29) is 0 Å². The van der Waals surface area contributed by atoms with Crippen LogP contribution in [0.2, 0.25) is 0 Å². The number of unbranched alkanes of at least 4 members (excludes halogenated alkanes) is 15. The maximum atomic E-state index is 2.36. The summed E-state index contributed by atoms with van der Waals surface area (Å²) in [6.07, 6.45) is 33.7. The molecule has 0 saturated carbocycles. The van der Waals surface area contributed by atoms with Crippen molar-refractivity contribution in [3.8, 4) is 0 Å². The Kier molecular flexibility index (Phi) is 21.7. The highest BCUT2D eigenvalue weighted by Gasteiger charge is 2.28. The van der Waals surface area contributed by atoms with Gasteiger partial charge in [0.15, 0.2) is 0 Å². The molecule has 0 unspecified atom stereocenters. The second-order valence-corrected chi connectivity index (χ2v) is 9.80. The van der Waals surface area contributed by atoms with Crippen LogP contribution in [0, 0.1) is 5.41 Å². The van der Waals surface area contributed by atoms with Crippen molar-refractivity contribution in [2.24, 2.45) is 5.41 Å². The normalized spacial score (nSPS) is 12.0. The summed E-state index contributed by atoms with van der Waals surface area (Å²) in [7, 11) is 0. The van der Waals surface area contributed by atoms with Crippen LogP contribution in [-0.2, 0) is 0 Å². The van der Waals surface area contributed by atoms with Crippen molar-refractivity contribution >= 4 is 0 Å². The van der Waals surface area contributed by atoms with Gasteiger partial charge in [-0.15, -0.1) is 0 Å². The predicted molar refractivity (Wildman–Crippen MR) is 131 cm³/mol. The van der Waals surface area contributed by atoms with Gasteiger partial charge in [-0.3, -0.25) is 0 Å². The molecule has 0 aliphatic carbocycles. The molecule has 28 heavy (non-hydrogen) atoms. The monoisotopic (exact) mass is 394 g/mol. The van der Waals surface area contributed by atoms with Crippen molar-refractivity contribution in [1.82, 2.24) is 0 Å². The molecule has 0 nitrogen and oxygen atoms in total. The lowest BCUT2D eigenvalue weighted by Crippen LogP contribution is -2.21. The first-order valence-electron chi connectivity index (χ1n) is 13.7. The molecule has 0 spiro atoms. The van der Waals surface area contributed by atoms with Crippen LogP contribution >= 0.6 is 0 Å². The molecule has 170 valence electrons. The molecule has 0 bridgehead atoms. The predicted octanol–water partition coefficient (Wildman–Crippen LogP) is 11.0. The number of hydrogen-bond donors (Lipinski definition) is 0. The topological polar surface area (TPSA) is 0 Å². The summed E-state index contributed by atoms with van der Waals surface area (Å²) in [4.78, 5) is 0. The van der Waals surface area contributed by atoms with Crippen LogP contribution in [0.3, 0.4) is 0 Å². The average Bonchev–Trinajstić information content (AvgIpc) is 2.71. The molecular formula is C28H58. The molecule has 0 aliphatic heterocycles. The molecule has 0 heterocycles. The Bertz CT molecular complexity index is 268. The van der Waals surface area contributed by atoms with E-state index in [0.717, 1.165) is 0 Å². The van der Waals surface area contributed by atoms with Gasteiger partial charge in [0.25, 0.3) is 0 Å². The fraction of sp³-hybridized carbons (Fsp3) is 1.00. The van der Waals surface area contributed by atoms with Crippen LogP contribution in [0.1, 0.15) is 175 Å². The van der Waals surface area contributed by atoms with Gasteiger partial charge in [-0.05, 0) is 31.1 Å². The Morgan fingerprint density at radius 2 is 0.500 bits per heavy atom. The summed E-state index contributed by atoms with van der Waals surface area (Å²) >= 11 is 0. The molecule has 0 saturated heterocycles. The van der Waals surface area contributed by atoms with E-state index in [1.807, 2.05) is 0 Å². The average molecular weight is 395 g/mol. The maximum absolute atomic E-state index is 2.36. The smallest absolute Gasteiger partial charge is 0.0297 e. The first kappa shape index (κ1) is 28.0. The third-order valence-electron chi connectivity index (χ3n) is 6.99. The summed E-state index contributed by atoms with van der Waals surface area (Å²) in [6.45, 7) is 9.38. The third-order valence-corrected chi connectivity index (χ3v) is 6.99. The van der Waals surface area contributed by atoms with Crippen molar-refractivity contribution < 1.29 is 0 Å². The molecule has 0 aliphatic rings. The fourth-order valence-corrected chi connectivity index (χ4v) is 4.99. The van der Waals surface area contributed by atoms with Gasteiger partial charge in [0.2, 0.25) is 0 Å². The van der Waals surface area contributed by atoms with Crippen LogP contribution < -0.4 is 0 Å². The Morgan fingerprint density at radius 1 is 0.286 bits per heavy atom. The molecule has 0 heteroatoms. The molecule has 0 aromatic carbocycles. The quantitative estimate of drug-likeness (QED) is 0.151. The van der Waals surface area contributed by atoms with Crippen LogP contribution in [0.4, 0.5) is 0 Å². The molecule has 0 fully saturated rings. The van der Waals surface area contributed by atoms with Gasteiger partial charge in [-0.1, -0.05) is 150 Å². The van der Waals surface area contributed by atoms with Crippen LogP contribution in [0.5, 0.6) is 0 Å². The Balaban J connectivity index is 4.48. The van der Waals surface area contributed by atoms with Crippen molar-refractivity contribution in [2.75, 3.05) is 0 Å². The molecule has 0 radical (unpaired) electrons. The second-order valence-electron chi connectivity index (χ2n) is 9.80. The lowest BCUT2D eigenvalue weighted by molar-refractivity contribution is 0.172. The van der Waals surface area contributed by atoms with Gasteiger partial charge < -0.3 is 0 Å². The Labute approximate surface area is 181 Å². The SMILES string of the molecule is CCCCCCCCCCC(CCCCC)(CCCCCC)CCCCCC. The zero-order valence-corrected chi connectivity index (χ0v) is 20.8. The Hall–Kier alpha value is 0. The minimum atomic E-state index is 0.693. The molecule has 0 amide bonds. The standard InChI is InChI=1S/C28H58/c1-5-9-13-16-17-18-19-23-27-28(24-20-12-8-4,25-21-14-10-6-2)26-22-15-11-7-3/h5-27H2,1-4H3. The van der Waals surface area contributed by atoms with Crippen molar-refractivity contribution in [2.45, 2.75) is 175 Å². The van der Waals surface area contributed by atoms with Gasteiger partial charge in [-0.2, -0.15) is 0 Å². The van der Waals surface area contributed by atoms with Gasteiger partial charge in [0.1, 0.15) is 0 Å². The highest BCUT2D eigenvalue weighted by atomic mass is 14.3.